The van der Waals surface area contributed by atoms with Crippen LogP contribution in [-0.4, -0.2) is 31.1 Å². The number of nitrogens with zero attached hydrogens (tertiary/aromatic N) is 1. The maximum Gasteiger partial charge on any atom is 0.0448 e. The lowest BCUT2D eigenvalue weighted by Gasteiger charge is -2.34. The van der Waals surface area contributed by atoms with E-state index in [0.29, 0.717) is 6.04 Å². The fourth-order valence-electron chi connectivity index (χ4n) is 2.47. The third-order valence-corrected chi connectivity index (χ3v) is 4.56. The Morgan fingerprint density at radius 2 is 2.29 bits per heavy atom. The highest BCUT2D eigenvalue weighted by Gasteiger charge is 2.23. The minimum absolute atomic E-state index is 0.593. The molecule has 0 radical (unpaired) electrons. The number of nitrogens with one attached hydrogen (secondary N) is 1. The normalized spacial score (nSPS) is 19.1. The van der Waals surface area contributed by atoms with E-state index >= 15 is 0 Å². The number of thiophene rings is 1. The second-order valence-corrected chi connectivity index (χ2v) is 5.58. The van der Waals surface area contributed by atoms with Crippen molar-refractivity contribution in [2.45, 2.75) is 25.8 Å². The summed E-state index contributed by atoms with van der Waals surface area (Å²) in [6.07, 6.45) is 4.34. The number of piperazine rings is 1. The van der Waals surface area contributed by atoms with Crippen LogP contribution in [0.15, 0.2) is 24.1 Å². The predicted molar refractivity (Wildman–Crippen MR) is 75.7 cm³/mol. The summed E-state index contributed by atoms with van der Waals surface area (Å²) in [6, 6.07) is 2.83. The van der Waals surface area contributed by atoms with Crippen molar-refractivity contribution in [3.05, 3.63) is 34.5 Å². The summed E-state index contributed by atoms with van der Waals surface area (Å²) in [6.45, 7) is 10.7. The Labute approximate surface area is 108 Å². The molecule has 1 aliphatic heterocycles. The molecule has 1 atom stereocenters. The van der Waals surface area contributed by atoms with Gasteiger partial charge in [-0.25, -0.2) is 0 Å². The Bertz CT molecular complexity index is 353. The molecule has 2 nitrogen and oxygen atoms in total. The SMILES string of the molecule is C=CCC[C@@H](c1sccc1C)N1CCNCC1. The fraction of sp³-hybridized carbons (Fsp3) is 0.571. The van der Waals surface area contributed by atoms with E-state index in [4.69, 9.17) is 0 Å². The zero-order valence-corrected chi connectivity index (χ0v) is 11.4. The number of aryl methyl sites for hydroxylation is 1. The van der Waals surface area contributed by atoms with E-state index in [1.165, 1.54) is 25.1 Å². The first-order valence-electron chi connectivity index (χ1n) is 6.42. The molecule has 1 aromatic rings. The highest BCUT2D eigenvalue weighted by atomic mass is 32.1. The molecular weight excluding hydrogens is 228 g/mol. The summed E-state index contributed by atoms with van der Waals surface area (Å²) in [5.41, 5.74) is 1.45. The van der Waals surface area contributed by atoms with Gasteiger partial charge in [0.15, 0.2) is 0 Å². The Morgan fingerprint density at radius 3 is 2.88 bits per heavy atom. The third kappa shape index (κ3) is 3.18. The molecule has 1 saturated heterocycles. The average Bonchev–Trinajstić information content (AvgIpc) is 2.78. The zero-order chi connectivity index (χ0) is 12.1. The van der Waals surface area contributed by atoms with E-state index in [1.807, 2.05) is 17.4 Å². The van der Waals surface area contributed by atoms with E-state index < -0.39 is 0 Å². The van der Waals surface area contributed by atoms with Crippen molar-refractivity contribution in [2.24, 2.45) is 0 Å². The molecule has 1 fully saturated rings. The monoisotopic (exact) mass is 250 g/mol. The first-order valence-corrected chi connectivity index (χ1v) is 7.30. The molecule has 0 aliphatic carbocycles. The predicted octanol–water partition coefficient (Wildman–Crippen LogP) is 2.97. The van der Waals surface area contributed by atoms with Gasteiger partial charge in [-0.2, -0.15) is 0 Å². The molecule has 2 rings (SSSR count). The molecule has 17 heavy (non-hydrogen) atoms. The summed E-state index contributed by atoms with van der Waals surface area (Å²) in [5.74, 6) is 0. The van der Waals surface area contributed by atoms with Gasteiger partial charge in [-0.1, -0.05) is 6.08 Å². The maximum atomic E-state index is 3.85. The van der Waals surface area contributed by atoms with Gasteiger partial charge in [-0.05, 0) is 36.8 Å². The summed E-state index contributed by atoms with van der Waals surface area (Å²) in [4.78, 5) is 4.17. The first kappa shape index (κ1) is 12.8. The lowest BCUT2D eigenvalue weighted by molar-refractivity contribution is 0.168. The molecule has 94 valence electrons. The van der Waals surface area contributed by atoms with Crippen molar-refractivity contribution in [1.29, 1.82) is 0 Å². The van der Waals surface area contributed by atoms with Gasteiger partial charge in [-0.15, -0.1) is 17.9 Å². The summed E-state index contributed by atoms with van der Waals surface area (Å²) in [7, 11) is 0. The molecule has 2 heterocycles. The molecule has 0 aromatic carbocycles. The molecule has 3 heteroatoms. The third-order valence-electron chi connectivity index (χ3n) is 3.44. The zero-order valence-electron chi connectivity index (χ0n) is 10.6. The minimum Gasteiger partial charge on any atom is -0.314 e. The minimum atomic E-state index is 0.593. The topological polar surface area (TPSA) is 15.3 Å². The first-order chi connectivity index (χ1) is 8.33. The Hall–Kier alpha value is -0.640. The quantitative estimate of drug-likeness (QED) is 0.808. The van der Waals surface area contributed by atoms with Crippen molar-refractivity contribution in [3.8, 4) is 0 Å². The summed E-state index contributed by atoms with van der Waals surface area (Å²) >= 11 is 1.91. The van der Waals surface area contributed by atoms with Gasteiger partial charge in [0.05, 0.1) is 0 Å². The molecule has 1 aromatic heterocycles. The van der Waals surface area contributed by atoms with Crippen molar-refractivity contribution >= 4 is 11.3 Å². The molecule has 0 amide bonds. The van der Waals surface area contributed by atoms with Gasteiger partial charge >= 0.3 is 0 Å². The Morgan fingerprint density at radius 1 is 1.53 bits per heavy atom. The Balaban J connectivity index is 2.12. The highest BCUT2D eigenvalue weighted by Crippen LogP contribution is 2.32. The van der Waals surface area contributed by atoms with Crippen LogP contribution in [0.2, 0.25) is 0 Å². The van der Waals surface area contributed by atoms with E-state index in [2.05, 4.69) is 35.2 Å². The smallest absolute Gasteiger partial charge is 0.0448 e. The number of allylic oxidation sites excluding steroid dienone is 1. The van der Waals surface area contributed by atoms with E-state index in [-0.39, 0.29) is 0 Å². The number of hydrogen-bond acceptors (Lipinski definition) is 3. The van der Waals surface area contributed by atoms with Crippen LogP contribution in [0.5, 0.6) is 0 Å². The van der Waals surface area contributed by atoms with Crippen LogP contribution in [0.1, 0.15) is 29.3 Å². The molecule has 1 aliphatic rings. The molecule has 1 N–H and O–H groups in total. The van der Waals surface area contributed by atoms with Gasteiger partial charge in [0, 0.05) is 37.1 Å². The standard InChI is InChI=1S/C14H22N2S/c1-3-4-5-13(14-12(2)6-11-17-14)16-9-7-15-8-10-16/h3,6,11,13,15H,1,4-5,7-10H2,2H3/t13-/m0/s1. The molecule has 0 saturated carbocycles. The van der Waals surface area contributed by atoms with Crippen molar-refractivity contribution < 1.29 is 0 Å². The second kappa shape index (κ2) is 6.34. The van der Waals surface area contributed by atoms with Crippen LogP contribution in [0.25, 0.3) is 0 Å². The Kier molecular flexibility index (Phi) is 4.77. The van der Waals surface area contributed by atoms with Crippen LogP contribution in [0.3, 0.4) is 0 Å². The van der Waals surface area contributed by atoms with Crippen LogP contribution < -0.4 is 5.32 Å². The lowest BCUT2D eigenvalue weighted by Crippen LogP contribution is -2.45. The number of hydrogen-bond donors (Lipinski definition) is 1. The van der Waals surface area contributed by atoms with Gasteiger partial charge < -0.3 is 5.32 Å². The number of rotatable bonds is 5. The van der Waals surface area contributed by atoms with Gasteiger partial charge in [-0.3, -0.25) is 4.90 Å². The van der Waals surface area contributed by atoms with Crippen LogP contribution in [0.4, 0.5) is 0 Å². The van der Waals surface area contributed by atoms with Crippen LogP contribution in [0, 0.1) is 6.92 Å². The summed E-state index contributed by atoms with van der Waals surface area (Å²) in [5, 5.41) is 5.64. The molecule has 0 bridgehead atoms. The van der Waals surface area contributed by atoms with Gasteiger partial charge in [0.1, 0.15) is 0 Å². The van der Waals surface area contributed by atoms with Gasteiger partial charge in [0.2, 0.25) is 0 Å². The largest absolute Gasteiger partial charge is 0.314 e. The van der Waals surface area contributed by atoms with Gasteiger partial charge in [0.25, 0.3) is 0 Å². The maximum absolute atomic E-state index is 3.85. The van der Waals surface area contributed by atoms with E-state index in [1.54, 1.807) is 4.88 Å². The van der Waals surface area contributed by atoms with Crippen molar-refractivity contribution in [1.82, 2.24) is 10.2 Å². The fourth-order valence-corrected chi connectivity index (χ4v) is 3.57. The van der Waals surface area contributed by atoms with Crippen molar-refractivity contribution in [3.63, 3.8) is 0 Å². The molecule has 0 unspecified atom stereocenters. The second-order valence-electron chi connectivity index (χ2n) is 4.64. The summed E-state index contributed by atoms with van der Waals surface area (Å²) < 4.78 is 0. The van der Waals surface area contributed by atoms with E-state index in [0.717, 1.165) is 19.5 Å². The lowest BCUT2D eigenvalue weighted by atomic mass is 10.0. The van der Waals surface area contributed by atoms with Crippen LogP contribution in [-0.2, 0) is 0 Å². The van der Waals surface area contributed by atoms with Crippen LogP contribution >= 0.6 is 11.3 Å². The van der Waals surface area contributed by atoms with Crippen molar-refractivity contribution in [2.75, 3.05) is 26.2 Å². The molecular formula is C14H22N2S. The molecule has 0 spiro atoms. The highest BCUT2D eigenvalue weighted by molar-refractivity contribution is 7.10. The average molecular weight is 250 g/mol. The van der Waals surface area contributed by atoms with E-state index in [9.17, 15) is 0 Å².